The number of amidine groups is 1. The van der Waals surface area contributed by atoms with Gasteiger partial charge in [0.1, 0.15) is 16.6 Å². The highest BCUT2D eigenvalue weighted by Crippen LogP contribution is 2.44. The Hall–Kier alpha value is -1.85. The Bertz CT molecular complexity index is 765. The zero-order valence-corrected chi connectivity index (χ0v) is 12.2. The van der Waals surface area contributed by atoms with E-state index < -0.39 is 0 Å². The van der Waals surface area contributed by atoms with Crippen molar-refractivity contribution < 1.29 is 9.90 Å². The predicted octanol–water partition coefficient (Wildman–Crippen LogP) is 3.66. The number of nitrogens with two attached hydrogens (primary N) is 1. The summed E-state index contributed by atoms with van der Waals surface area (Å²) in [6.07, 6.45) is 0.163. The lowest BCUT2D eigenvalue weighted by Crippen LogP contribution is -2.20. The van der Waals surface area contributed by atoms with E-state index >= 15 is 0 Å². The van der Waals surface area contributed by atoms with E-state index in [9.17, 15) is 9.90 Å². The van der Waals surface area contributed by atoms with Crippen molar-refractivity contribution in [3.63, 3.8) is 0 Å². The Morgan fingerprint density at radius 2 is 2.20 bits per heavy atom. The van der Waals surface area contributed by atoms with E-state index in [2.05, 4.69) is 4.99 Å². The number of benzene rings is 1. The molecule has 3 rings (SSSR count). The van der Waals surface area contributed by atoms with Crippen molar-refractivity contribution in [1.29, 1.82) is 0 Å². The summed E-state index contributed by atoms with van der Waals surface area (Å²) in [5.74, 6) is 0.351. The second-order valence-corrected chi connectivity index (χ2v) is 6.01. The number of phenols is 1. The minimum atomic E-state index is -0.00862. The summed E-state index contributed by atoms with van der Waals surface area (Å²) < 4.78 is 0. The number of fused-ring (bicyclic) bond motifs is 1. The van der Waals surface area contributed by atoms with Crippen molar-refractivity contribution in [3.05, 3.63) is 34.3 Å². The lowest BCUT2D eigenvalue weighted by atomic mass is 10.0. The molecule has 2 heterocycles. The minimum absolute atomic E-state index is 0.00862. The van der Waals surface area contributed by atoms with Crippen LogP contribution in [0.15, 0.2) is 23.2 Å². The Morgan fingerprint density at radius 1 is 1.45 bits per heavy atom. The van der Waals surface area contributed by atoms with Crippen LogP contribution in [0.1, 0.15) is 22.3 Å². The SMILES string of the molecule is Cc1c(-c2ccc(Cl)c(O)c2)sc2c1C(=O)CC(N)=N2. The number of ketones is 1. The molecule has 102 valence electrons. The molecule has 0 aliphatic carbocycles. The van der Waals surface area contributed by atoms with E-state index in [0.717, 1.165) is 16.0 Å². The Morgan fingerprint density at radius 3 is 2.90 bits per heavy atom. The van der Waals surface area contributed by atoms with Crippen LogP contribution in [0, 0.1) is 6.92 Å². The molecule has 0 spiro atoms. The molecule has 4 nitrogen and oxygen atoms in total. The topological polar surface area (TPSA) is 75.7 Å². The first-order chi connectivity index (χ1) is 9.47. The van der Waals surface area contributed by atoms with Crippen molar-refractivity contribution >= 4 is 39.6 Å². The van der Waals surface area contributed by atoms with Gasteiger partial charge in [-0.05, 0) is 30.2 Å². The molecule has 1 aliphatic rings. The number of phenolic OH excluding ortho intramolecular Hbond substituents is 1. The van der Waals surface area contributed by atoms with E-state index in [1.807, 2.05) is 13.0 Å². The average Bonchev–Trinajstić information content (AvgIpc) is 2.70. The molecule has 3 N–H and O–H groups in total. The molecule has 1 aromatic heterocycles. The third-order valence-corrected chi connectivity index (χ3v) is 4.76. The normalized spacial score (nSPS) is 14.1. The van der Waals surface area contributed by atoms with Gasteiger partial charge in [-0.2, -0.15) is 0 Å². The lowest BCUT2D eigenvalue weighted by Gasteiger charge is -2.08. The summed E-state index contributed by atoms with van der Waals surface area (Å²) in [5.41, 5.74) is 7.97. The van der Waals surface area contributed by atoms with Gasteiger partial charge in [-0.1, -0.05) is 17.7 Å². The second kappa shape index (κ2) is 4.61. The van der Waals surface area contributed by atoms with Gasteiger partial charge in [0.15, 0.2) is 5.78 Å². The van der Waals surface area contributed by atoms with Crippen LogP contribution in [0.2, 0.25) is 5.02 Å². The van der Waals surface area contributed by atoms with Crippen LogP contribution in [-0.2, 0) is 0 Å². The monoisotopic (exact) mass is 306 g/mol. The zero-order chi connectivity index (χ0) is 14.4. The first-order valence-electron chi connectivity index (χ1n) is 5.96. The number of hydrogen-bond donors (Lipinski definition) is 2. The van der Waals surface area contributed by atoms with Crippen LogP contribution in [0.5, 0.6) is 5.75 Å². The van der Waals surface area contributed by atoms with Gasteiger partial charge < -0.3 is 10.8 Å². The first-order valence-corrected chi connectivity index (χ1v) is 7.15. The van der Waals surface area contributed by atoms with Crippen molar-refractivity contribution in [1.82, 2.24) is 0 Å². The number of carbonyl (C=O) groups is 1. The molecule has 0 saturated heterocycles. The van der Waals surface area contributed by atoms with Crippen LogP contribution in [0.25, 0.3) is 10.4 Å². The Labute approximate surface area is 124 Å². The molecule has 0 unspecified atom stereocenters. The summed E-state index contributed by atoms with van der Waals surface area (Å²) in [6, 6.07) is 5.03. The van der Waals surface area contributed by atoms with Gasteiger partial charge in [0.25, 0.3) is 0 Å². The molecule has 0 radical (unpaired) electrons. The van der Waals surface area contributed by atoms with Crippen LogP contribution >= 0.6 is 22.9 Å². The molecule has 0 saturated carbocycles. The molecule has 0 amide bonds. The molecule has 20 heavy (non-hydrogen) atoms. The molecule has 0 fully saturated rings. The highest BCUT2D eigenvalue weighted by Gasteiger charge is 2.26. The highest BCUT2D eigenvalue weighted by molar-refractivity contribution is 7.20. The van der Waals surface area contributed by atoms with E-state index in [0.29, 0.717) is 21.4 Å². The highest BCUT2D eigenvalue weighted by atomic mass is 35.5. The molecule has 0 bridgehead atoms. The largest absolute Gasteiger partial charge is 0.506 e. The number of Topliss-reactive ketones (excluding diaryl/α,β-unsaturated/α-hetero) is 1. The molecular weight excluding hydrogens is 296 g/mol. The van der Waals surface area contributed by atoms with Crippen LogP contribution in [0.3, 0.4) is 0 Å². The second-order valence-electron chi connectivity index (χ2n) is 4.61. The van der Waals surface area contributed by atoms with Gasteiger partial charge in [0.2, 0.25) is 0 Å². The average molecular weight is 307 g/mol. The fourth-order valence-corrected chi connectivity index (χ4v) is 3.60. The van der Waals surface area contributed by atoms with E-state index in [4.69, 9.17) is 17.3 Å². The fraction of sp³-hybridized carbons (Fsp3) is 0.143. The van der Waals surface area contributed by atoms with Crippen molar-refractivity contribution in [2.45, 2.75) is 13.3 Å². The molecule has 2 aromatic rings. The summed E-state index contributed by atoms with van der Waals surface area (Å²) >= 11 is 7.21. The van der Waals surface area contributed by atoms with E-state index in [-0.39, 0.29) is 18.0 Å². The number of carbonyl (C=O) groups excluding carboxylic acids is 1. The van der Waals surface area contributed by atoms with Gasteiger partial charge in [0.05, 0.1) is 17.0 Å². The van der Waals surface area contributed by atoms with Crippen LogP contribution < -0.4 is 5.73 Å². The van der Waals surface area contributed by atoms with Gasteiger partial charge in [-0.3, -0.25) is 4.79 Å². The maximum atomic E-state index is 12.1. The van der Waals surface area contributed by atoms with Gasteiger partial charge in [0, 0.05) is 4.88 Å². The molecule has 0 atom stereocenters. The van der Waals surface area contributed by atoms with Crippen LogP contribution in [0.4, 0.5) is 5.00 Å². The number of aromatic hydroxyl groups is 1. The maximum absolute atomic E-state index is 12.1. The number of nitrogens with zero attached hydrogens (tertiary/aromatic N) is 1. The molecular formula is C14H11ClN2O2S. The van der Waals surface area contributed by atoms with E-state index in [1.165, 1.54) is 11.3 Å². The number of halogens is 1. The van der Waals surface area contributed by atoms with Gasteiger partial charge >= 0.3 is 0 Å². The maximum Gasteiger partial charge on any atom is 0.173 e. The van der Waals surface area contributed by atoms with Crippen molar-refractivity contribution in [2.75, 3.05) is 0 Å². The summed E-state index contributed by atoms with van der Waals surface area (Å²) in [4.78, 5) is 17.2. The number of hydrogen-bond acceptors (Lipinski definition) is 5. The minimum Gasteiger partial charge on any atom is -0.506 e. The van der Waals surface area contributed by atoms with E-state index in [1.54, 1.807) is 12.1 Å². The molecule has 1 aliphatic heterocycles. The van der Waals surface area contributed by atoms with Gasteiger partial charge in [-0.25, -0.2) is 4.99 Å². The van der Waals surface area contributed by atoms with Gasteiger partial charge in [-0.15, -0.1) is 11.3 Å². The predicted molar refractivity (Wildman–Crippen MR) is 81.4 cm³/mol. The standard InChI is InChI=1S/C14H11ClN2O2S/c1-6-12-10(19)5-11(16)17-14(12)20-13(6)7-2-3-8(15)9(18)4-7/h2-4,18H,5H2,1H3,(H2,16,17). The molecule has 6 heteroatoms. The Kier molecular flexibility index (Phi) is 3.03. The first kappa shape index (κ1) is 13.1. The molecule has 1 aromatic carbocycles. The fourth-order valence-electron chi connectivity index (χ4n) is 2.26. The van der Waals surface area contributed by atoms with Crippen molar-refractivity contribution in [2.24, 2.45) is 10.7 Å². The number of aliphatic imine (C=N–C) groups is 1. The summed E-state index contributed by atoms with van der Waals surface area (Å²) in [6.45, 7) is 1.88. The van der Waals surface area contributed by atoms with Crippen molar-refractivity contribution in [3.8, 4) is 16.2 Å². The zero-order valence-electron chi connectivity index (χ0n) is 10.6. The number of thiophene rings is 1. The lowest BCUT2D eigenvalue weighted by molar-refractivity contribution is 0.0999. The smallest absolute Gasteiger partial charge is 0.173 e. The number of rotatable bonds is 1. The quantitative estimate of drug-likeness (QED) is 0.844. The summed E-state index contributed by atoms with van der Waals surface area (Å²) in [5, 5.41) is 10.6. The third kappa shape index (κ3) is 1.99. The third-order valence-electron chi connectivity index (χ3n) is 3.20. The van der Waals surface area contributed by atoms with Crippen LogP contribution in [-0.4, -0.2) is 16.7 Å². The Balaban J connectivity index is 2.19. The summed E-state index contributed by atoms with van der Waals surface area (Å²) in [7, 11) is 0.